The first-order chi connectivity index (χ1) is 8.72. The van der Waals surface area contributed by atoms with E-state index >= 15 is 0 Å². The highest BCUT2D eigenvalue weighted by molar-refractivity contribution is 5.81. The molecule has 1 aromatic carbocycles. The molecule has 3 rings (SSSR count). The van der Waals surface area contributed by atoms with Gasteiger partial charge >= 0.3 is 0 Å². The maximum atomic E-state index is 13.1. The van der Waals surface area contributed by atoms with Gasteiger partial charge in [-0.3, -0.25) is 4.79 Å². The lowest BCUT2D eigenvalue weighted by Crippen LogP contribution is -2.32. The normalized spacial score (nSPS) is 26.8. The Morgan fingerprint density at radius 2 is 2.28 bits per heavy atom. The predicted octanol–water partition coefficient (Wildman–Crippen LogP) is 2.12. The van der Waals surface area contributed by atoms with Crippen LogP contribution in [0.5, 0.6) is 5.75 Å². The van der Waals surface area contributed by atoms with E-state index in [-0.39, 0.29) is 23.6 Å². The van der Waals surface area contributed by atoms with E-state index in [4.69, 9.17) is 9.47 Å². The van der Waals surface area contributed by atoms with Crippen molar-refractivity contribution in [3.63, 3.8) is 0 Å². The van der Waals surface area contributed by atoms with Crippen molar-refractivity contribution >= 4 is 5.78 Å². The number of halogens is 1. The van der Waals surface area contributed by atoms with E-state index < -0.39 is 0 Å². The van der Waals surface area contributed by atoms with Crippen LogP contribution in [-0.2, 0) is 16.0 Å². The van der Waals surface area contributed by atoms with Gasteiger partial charge in [-0.25, -0.2) is 4.39 Å². The minimum atomic E-state index is -0.241. The molecule has 1 aromatic rings. The van der Waals surface area contributed by atoms with E-state index in [0.717, 1.165) is 11.3 Å². The monoisotopic (exact) mass is 250 g/mol. The van der Waals surface area contributed by atoms with Crippen molar-refractivity contribution < 1.29 is 18.7 Å². The maximum Gasteiger partial charge on any atom is 0.140 e. The molecule has 4 heteroatoms. The third-order valence-electron chi connectivity index (χ3n) is 3.58. The number of benzene rings is 1. The molecule has 0 bridgehead atoms. The molecule has 0 aromatic heterocycles. The molecule has 0 saturated carbocycles. The second-order valence-electron chi connectivity index (χ2n) is 4.92. The summed E-state index contributed by atoms with van der Waals surface area (Å²) < 4.78 is 24.1. The zero-order valence-electron chi connectivity index (χ0n) is 10.0. The molecular formula is C14H15FO3. The van der Waals surface area contributed by atoms with Gasteiger partial charge in [0.25, 0.3) is 0 Å². The fourth-order valence-electron chi connectivity index (χ4n) is 2.63. The zero-order valence-corrected chi connectivity index (χ0v) is 10.0. The Morgan fingerprint density at radius 3 is 3.11 bits per heavy atom. The number of carbonyl (C=O) groups is 1. The second kappa shape index (κ2) is 4.69. The number of Topliss-reactive ketones (excluding diaryl/α,β-unsaturated/α-hetero) is 1. The molecule has 0 radical (unpaired) electrons. The van der Waals surface area contributed by atoms with Crippen molar-refractivity contribution in [3.05, 3.63) is 29.6 Å². The summed E-state index contributed by atoms with van der Waals surface area (Å²) in [7, 11) is 0. The summed E-state index contributed by atoms with van der Waals surface area (Å²) in [5, 5.41) is 0. The molecule has 2 unspecified atom stereocenters. The third kappa shape index (κ3) is 2.25. The van der Waals surface area contributed by atoms with Gasteiger partial charge in [-0.1, -0.05) is 0 Å². The number of rotatable bonds is 2. The third-order valence-corrected chi connectivity index (χ3v) is 3.58. The Kier molecular flexibility index (Phi) is 3.04. The number of hydrogen-bond acceptors (Lipinski definition) is 3. The number of hydrogen-bond donors (Lipinski definition) is 0. The van der Waals surface area contributed by atoms with E-state index in [2.05, 4.69) is 0 Å². The molecule has 96 valence electrons. The fraction of sp³-hybridized carbons (Fsp3) is 0.500. The smallest absolute Gasteiger partial charge is 0.140 e. The molecule has 2 aliphatic heterocycles. The number of ether oxygens (including phenoxy) is 2. The average Bonchev–Trinajstić information content (AvgIpc) is 2.73. The van der Waals surface area contributed by atoms with Gasteiger partial charge in [0.15, 0.2) is 0 Å². The molecule has 0 aliphatic carbocycles. The van der Waals surface area contributed by atoms with Crippen LogP contribution in [0.2, 0.25) is 0 Å². The van der Waals surface area contributed by atoms with Gasteiger partial charge in [0, 0.05) is 24.3 Å². The van der Waals surface area contributed by atoms with Gasteiger partial charge in [-0.2, -0.15) is 0 Å². The lowest BCUT2D eigenvalue weighted by atomic mass is 9.92. The number of carbonyl (C=O) groups excluding carboxylic acids is 1. The molecule has 0 amide bonds. The van der Waals surface area contributed by atoms with Crippen molar-refractivity contribution in [2.45, 2.75) is 25.4 Å². The Bertz CT molecular complexity index is 472. The van der Waals surface area contributed by atoms with Crippen LogP contribution in [0.3, 0.4) is 0 Å². The van der Waals surface area contributed by atoms with Crippen LogP contribution in [0.15, 0.2) is 18.2 Å². The van der Waals surface area contributed by atoms with Crippen LogP contribution in [0.25, 0.3) is 0 Å². The molecule has 0 spiro atoms. The van der Waals surface area contributed by atoms with Crippen LogP contribution in [0.4, 0.5) is 4.39 Å². The Balaban J connectivity index is 1.65. The molecule has 2 aliphatic rings. The molecule has 3 nitrogen and oxygen atoms in total. The summed E-state index contributed by atoms with van der Waals surface area (Å²) in [5.41, 5.74) is 0.893. The standard InChI is InChI=1S/C14H15FO3/c15-11-1-2-14-9(5-11)6-12(18-14)7-10-8-17-4-3-13(10)16/h1-2,5,10,12H,3-4,6-8H2. The summed E-state index contributed by atoms with van der Waals surface area (Å²) in [6.45, 7) is 1.02. The molecule has 0 N–H and O–H groups in total. The van der Waals surface area contributed by atoms with Crippen LogP contribution < -0.4 is 4.74 Å². The quantitative estimate of drug-likeness (QED) is 0.806. The SMILES string of the molecule is O=C1CCOCC1CC1Cc2cc(F)ccc2O1. The van der Waals surface area contributed by atoms with Crippen LogP contribution >= 0.6 is 0 Å². The minimum Gasteiger partial charge on any atom is -0.490 e. The first kappa shape index (κ1) is 11.7. The minimum absolute atomic E-state index is 0.0301. The van der Waals surface area contributed by atoms with Gasteiger partial charge in [-0.15, -0.1) is 0 Å². The van der Waals surface area contributed by atoms with E-state index in [1.54, 1.807) is 6.07 Å². The van der Waals surface area contributed by atoms with Crippen molar-refractivity contribution in [2.75, 3.05) is 13.2 Å². The van der Waals surface area contributed by atoms with Gasteiger partial charge in [0.1, 0.15) is 23.5 Å². The van der Waals surface area contributed by atoms with Crippen LogP contribution in [0, 0.1) is 11.7 Å². The lowest BCUT2D eigenvalue weighted by molar-refractivity contribution is -0.131. The van der Waals surface area contributed by atoms with Crippen molar-refractivity contribution in [1.82, 2.24) is 0 Å². The van der Waals surface area contributed by atoms with Gasteiger partial charge in [-0.05, 0) is 24.6 Å². The summed E-state index contributed by atoms with van der Waals surface area (Å²) >= 11 is 0. The Labute approximate surface area is 105 Å². The van der Waals surface area contributed by atoms with E-state index in [9.17, 15) is 9.18 Å². The van der Waals surface area contributed by atoms with E-state index in [0.29, 0.717) is 32.5 Å². The molecule has 1 fully saturated rings. The highest BCUT2D eigenvalue weighted by Gasteiger charge is 2.30. The highest BCUT2D eigenvalue weighted by Crippen LogP contribution is 2.32. The van der Waals surface area contributed by atoms with Gasteiger partial charge in [0.2, 0.25) is 0 Å². The summed E-state index contributed by atoms with van der Waals surface area (Å²) in [4.78, 5) is 11.7. The van der Waals surface area contributed by atoms with Gasteiger partial charge < -0.3 is 9.47 Å². The predicted molar refractivity (Wildman–Crippen MR) is 63.1 cm³/mol. The largest absolute Gasteiger partial charge is 0.490 e. The van der Waals surface area contributed by atoms with Crippen LogP contribution in [0.1, 0.15) is 18.4 Å². The molecular weight excluding hydrogens is 235 g/mol. The maximum absolute atomic E-state index is 13.1. The zero-order chi connectivity index (χ0) is 12.5. The number of ketones is 1. The van der Waals surface area contributed by atoms with Crippen LogP contribution in [-0.4, -0.2) is 25.1 Å². The van der Waals surface area contributed by atoms with Crippen molar-refractivity contribution in [2.24, 2.45) is 5.92 Å². The van der Waals surface area contributed by atoms with Gasteiger partial charge in [0.05, 0.1) is 13.2 Å². The first-order valence-electron chi connectivity index (χ1n) is 6.28. The highest BCUT2D eigenvalue weighted by atomic mass is 19.1. The lowest BCUT2D eigenvalue weighted by Gasteiger charge is -2.23. The fourth-order valence-corrected chi connectivity index (χ4v) is 2.63. The molecule has 2 heterocycles. The molecule has 2 atom stereocenters. The Hall–Kier alpha value is -1.42. The van der Waals surface area contributed by atoms with Crippen molar-refractivity contribution in [1.29, 1.82) is 0 Å². The van der Waals surface area contributed by atoms with E-state index in [1.165, 1.54) is 12.1 Å². The molecule has 18 heavy (non-hydrogen) atoms. The first-order valence-corrected chi connectivity index (χ1v) is 6.28. The molecule has 1 saturated heterocycles. The topological polar surface area (TPSA) is 35.5 Å². The summed E-state index contributed by atoms with van der Waals surface area (Å²) in [6.07, 6.45) is 1.81. The average molecular weight is 250 g/mol. The number of fused-ring (bicyclic) bond motifs is 1. The Morgan fingerprint density at radius 1 is 1.39 bits per heavy atom. The van der Waals surface area contributed by atoms with Crippen molar-refractivity contribution in [3.8, 4) is 5.75 Å². The summed E-state index contributed by atoms with van der Waals surface area (Å²) in [6, 6.07) is 4.56. The summed E-state index contributed by atoms with van der Waals surface area (Å²) in [5.74, 6) is 0.690. The second-order valence-corrected chi connectivity index (χ2v) is 4.92. The van der Waals surface area contributed by atoms with E-state index in [1.807, 2.05) is 0 Å².